The molecule has 1 aromatic heterocycles. The number of carbonyl (C=O) groups excluding carboxylic acids is 2. The molecule has 8 nitrogen and oxygen atoms in total. The van der Waals surface area contributed by atoms with E-state index < -0.39 is 16.1 Å². The van der Waals surface area contributed by atoms with E-state index in [0.717, 1.165) is 52.1 Å². The molecule has 2 bridgehead atoms. The molecule has 5 rings (SSSR count). The van der Waals surface area contributed by atoms with Crippen molar-refractivity contribution in [3.63, 3.8) is 0 Å². The maximum atomic E-state index is 13.2. The number of nitrogens with one attached hydrogen (secondary N) is 2. The molecule has 206 valence electrons. The Morgan fingerprint density at radius 2 is 1.67 bits per heavy atom. The van der Waals surface area contributed by atoms with Crippen LogP contribution in [0.5, 0.6) is 0 Å². The summed E-state index contributed by atoms with van der Waals surface area (Å²) in [5.74, 6) is -0.541. The Morgan fingerprint density at radius 3 is 2.41 bits per heavy atom. The second kappa shape index (κ2) is 11.5. The van der Waals surface area contributed by atoms with E-state index in [2.05, 4.69) is 10.0 Å². The van der Waals surface area contributed by atoms with Crippen molar-refractivity contribution in [2.45, 2.75) is 51.0 Å². The minimum absolute atomic E-state index is 0.0665. The van der Waals surface area contributed by atoms with Crippen LogP contribution in [0, 0.1) is 0 Å². The normalized spacial score (nSPS) is 20.6. The van der Waals surface area contributed by atoms with Crippen LogP contribution < -0.4 is 10.0 Å². The predicted molar refractivity (Wildman–Crippen MR) is 154 cm³/mol. The minimum Gasteiger partial charge on any atom is -0.354 e. The third-order valence-electron chi connectivity index (χ3n) is 7.59. The lowest BCUT2D eigenvalue weighted by Gasteiger charge is -2.23. The Labute approximate surface area is 234 Å². The van der Waals surface area contributed by atoms with Gasteiger partial charge in [-0.3, -0.25) is 9.59 Å². The zero-order chi connectivity index (χ0) is 27.6. The molecule has 39 heavy (non-hydrogen) atoms. The molecule has 1 aliphatic heterocycles. The van der Waals surface area contributed by atoms with Crippen molar-refractivity contribution in [1.82, 2.24) is 18.9 Å². The van der Waals surface area contributed by atoms with Crippen molar-refractivity contribution in [2.75, 3.05) is 20.1 Å². The fraction of sp³-hybridized carbons (Fsp3) is 0.379. The largest absolute Gasteiger partial charge is 0.354 e. The number of hydrogen-bond acceptors (Lipinski definition) is 4. The first kappa shape index (κ1) is 27.4. The maximum Gasteiger partial charge on any atom is 0.304 e. The van der Waals surface area contributed by atoms with E-state index >= 15 is 0 Å². The summed E-state index contributed by atoms with van der Waals surface area (Å²) in [7, 11) is -2.62. The summed E-state index contributed by atoms with van der Waals surface area (Å²) < 4.78 is 30.8. The minimum atomic E-state index is -4.03. The number of benzene rings is 2. The van der Waals surface area contributed by atoms with Gasteiger partial charge in [0, 0.05) is 36.1 Å². The Balaban J connectivity index is 1.72. The molecular formula is C29H33ClN4O4S. The lowest BCUT2D eigenvalue weighted by atomic mass is 9.82. The van der Waals surface area contributed by atoms with Gasteiger partial charge >= 0.3 is 10.2 Å². The quantitative estimate of drug-likeness (QED) is 0.425. The first-order chi connectivity index (χ1) is 18.7. The van der Waals surface area contributed by atoms with E-state index in [1.54, 1.807) is 18.2 Å². The SMILES string of the molecule is CN1C/C=C\CCNC(=O)Cn2c(-c3ccc(Cl)cc3)c(C3CCCCC3)c3ccc(cc32)C(=O)NS1(=O)=O. The second-order valence-corrected chi connectivity index (χ2v) is 12.5. The molecule has 0 spiro atoms. The molecular weight excluding hydrogens is 536 g/mol. The number of rotatable bonds is 2. The number of fused-ring (bicyclic) bond motifs is 1. The first-order valence-electron chi connectivity index (χ1n) is 13.4. The average molecular weight is 569 g/mol. The molecule has 3 aromatic rings. The summed E-state index contributed by atoms with van der Waals surface area (Å²) in [6, 6.07) is 12.9. The van der Waals surface area contributed by atoms with Gasteiger partial charge in [-0.1, -0.05) is 61.2 Å². The van der Waals surface area contributed by atoms with E-state index in [0.29, 0.717) is 23.9 Å². The van der Waals surface area contributed by atoms with Crippen molar-refractivity contribution in [1.29, 1.82) is 0 Å². The molecule has 1 aliphatic carbocycles. The fourth-order valence-corrected chi connectivity index (χ4v) is 6.51. The van der Waals surface area contributed by atoms with Gasteiger partial charge < -0.3 is 9.88 Å². The van der Waals surface area contributed by atoms with E-state index in [4.69, 9.17) is 11.6 Å². The van der Waals surface area contributed by atoms with Gasteiger partial charge in [0.15, 0.2) is 0 Å². The number of amides is 2. The van der Waals surface area contributed by atoms with E-state index in [-0.39, 0.29) is 24.6 Å². The number of carbonyl (C=O) groups is 2. The van der Waals surface area contributed by atoms with Crippen molar-refractivity contribution in [3.8, 4) is 11.3 Å². The highest BCUT2D eigenvalue weighted by atomic mass is 35.5. The van der Waals surface area contributed by atoms with E-state index in [1.807, 2.05) is 41.0 Å². The van der Waals surface area contributed by atoms with Gasteiger partial charge in [0.05, 0.1) is 11.2 Å². The highest BCUT2D eigenvalue weighted by Crippen LogP contribution is 2.44. The number of likely N-dealkylation sites (N-methyl/N-ethyl adjacent to an activating group) is 1. The van der Waals surface area contributed by atoms with Gasteiger partial charge in [-0.25, -0.2) is 4.72 Å². The molecule has 2 amide bonds. The summed E-state index contributed by atoms with van der Waals surface area (Å²) in [5.41, 5.74) is 3.98. The summed E-state index contributed by atoms with van der Waals surface area (Å²) in [5, 5.41) is 4.58. The second-order valence-electron chi connectivity index (χ2n) is 10.2. The van der Waals surface area contributed by atoms with Crippen LogP contribution in [0.2, 0.25) is 5.02 Å². The highest BCUT2D eigenvalue weighted by molar-refractivity contribution is 7.87. The average Bonchev–Trinajstić information content (AvgIpc) is 3.23. The third kappa shape index (κ3) is 5.90. The van der Waals surface area contributed by atoms with Crippen molar-refractivity contribution in [3.05, 3.63) is 70.8 Å². The van der Waals surface area contributed by atoms with Crippen LogP contribution in [0.4, 0.5) is 0 Å². The van der Waals surface area contributed by atoms with Gasteiger partial charge in [-0.05, 0) is 60.6 Å². The molecule has 2 aromatic carbocycles. The maximum absolute atomic E-state index is 13.2. The van der Waals surface area contributed by atoms with Crippen molar-refractivity contribution in [2.24, 2.45) is 0 Å². The molecule has 0 unspecified atom stereocenters. The smallest absolute Gasteiger partial charge is 0.304 e. The lowest BCUT2D eigenvalue weighted by molar-refractivity contribution is -0.121. The van der Waals surface area contributed by atoms with Gasteiger partial charge in [-0.15, -0.1) is 0 Å². The molecule has 1 fully saturated rings. The van der Waals surface area contributed by atoms with Crippen molar-refractivity contribution < 1.29 is 18.0 Å². The van der Waals surface area contributed by atoms with Crippen molar-refractivity contribution >= 4 is 44.5 Å². The van der Waals surface area contributed by atoms with Gasteiger partial charge in [0.25, 0.3) is 5.91 Å². The topological polar surface area (TPSA) is 101 Å². The molecule has 0 saturated heterocycles. The Kier molecular flexibility index (Phi) is 8.11. The van der Waals surface area contributed by atoms with E-state index in [9.17, 15) is 18.0 Å². The van der Waals surface area contributed by atoms with Crippen LogP contribution in [-0.2, 0) is 21.5 Å². The monoisotopic (exact) mass is 568 g/mol. The molecule has 2 heterocycles. The van der Waals surface area contributed by atoms with Crippen LogP contribution in [0.1, 0.15) is 60.4 Å². The zero-order valence-electron chi connectivity index (χ0n) is 22.0. The van der Waals surface area contributed by atoms with E-state index in [1.165, 1.54) is 19.0 Å². The number of hydrogen-bond donors (Lipinski definition) is 2. The van der Waals surface area contributed by atoms with Crippen LogP contribution in [0.25, 0.3) is 22.2 Å². The summed E-state index contributed by atoms with van der Waals surface area (Å²) in [6.07, 6.45) is 9.64. The summed E-state index contributed by atoms with van der Waals surface area (Å²) in [4.78, 5) is 26.3. The Bertz CT molecular complexity index is 1520. The molecule has 10 heteroatoms. The first-order valence-corrected chi connectivity index (χ1v) is 15.2. The number of nitrogens with zero attached hydrogens (tertiary/aromatic N) is 2. The highest BCUT2D eigenvalue weighted by Gasteiger charge is 2.28. The predicted octanol–water partition coefficient (Wildman–Crippen LogP) is 4.99. The van der Waals surface area contributed by atoms with Gasteiger partial charge in [0.2, 0.25) is 5.91 Å². The van der Waals surface area contributed by atoms with Crippen LogP contribution in [0.15, 0.2) is 54.6 Å². The summed E-state index contributed by atoms with van der Waals surface area (Å²) >= 11 is 6.22. The third-order valence-corrected chi connectivity index (χ3v) is 9.26. The number of halogens is 1. The molecule has 0 atom stereocenters. The Morgan fingerprint density at radius 1 is 0.949 bits per heavy atom. The van der Waals surface area contributed by atoms with Crippen LogP contribution in [0.3, 0.4) is 0 Å². The molecule has 2 aliphatic rings. The fourth-order valence-electron chi connectivity index (χ4n) is 5.59. The van der Waals surface area contributed by atoms with Crippen LogP contribution in [-0.4, -0.2) is 49.2 Å². The molecule has 0 radical (unpaired) electrons. The molecule has 1 saturated carbocycles. The van der Waals surface area contributed by atoms with Gasteiger partial charge in [-0.2, -0.15) is 12.7 Å². The van der Waals surface area contributed by atoms with Gasteiger partial charge in [0.1, 0.15) is 6.54 Å². The Hall–Kier alpha value is -3.14. The number of aromatic nitrogens is 1. The lowest BCUT2D eigenvalue weighted by Crippen LogP contribution is -2.41. The standard InChI is InChI=1S/C29H33ClN4O4S/c1-33-17-7-3-6-16-31-26(35)19-34-25-18-22(29(36)32-39(33,37)38)12-15-24(25)27(20-8-4-2-5-9-20)28(34)21-10-13-23(30)14-11-21/h3,7,10-15,18,20H,2,4-6,8-9,16-17,19H2,1H3,(H,31,35)(H,32,36)/b7-3-. The molecule has 2 N–H and O–H groups in total. The van der Waals surface area contributed by atoms with Crippen LogP contribution >= 0.6 is 11.6 Å². The zero-order valence-corrected chi connectivity index (χ0v) is 23.5. The summed E-state index contributed by atoms with van der Waals surface area (Å²) in [6.45, 7) is 0.601.